The van der Waals surface area contributed by atoms with E-state index in [1.54, 1.807) is 20.8 Å². The normalized spacial score (nSPS) is 15.0. The summed E-state index contributed by atoms with van der Waals surface area (Å²) in [6.07, 6.45) is 0.229. The molecule has 22 heavy (non-hydrogen) atoms. The number of amides is 1. The molecule has 3 N–H and O–H groups in total. The summed E-state index contributed by atoms with van der Waals surface area (Å²) in [5.41, 5.74) is 0. The first-order valence-electron chi connectivity index (χ1n) is 7.34. The zero-order valence-electron chi connectivity index (χ0n) is 13.5. The van der Waals surface area contributed by atoms with Crippen molar-refractivity contribution in [1.82, 2.24) is 5.32 Å². The van der Waals surface area contributed by atoms with Crippen molar-refractivity contribution in [3.05, 3.63) is 0 Å². The van der Waals surface area contributed by atoms with Crippen LogP contribution in [0.1, 0.15) is 47.0 Å². The van der Waals surface area contributed by atoms with Gasteiger partial charge in [-0.25, -0.2) is 4.79 Å². The van der Waals surface area contributed by atoms with E-state index in [1.807, 2.05) is 0 Å². The van der Waals surface area contributed by atoms with E-state index in [2.05, 4.69) is 5.32 Å². The van der Waals surface area contributed by atoms with E-state index in [0.29, 0.717) is 0 Å². The number of carbonyl (C=O) groups is 4. The summed E-state index contributed by atoms with van der Waals surface area (Å²) in [5, 5.41) is 20.3. The third-order valence-electron chi connectivity index (χ3n) is 3.51. The van der Waals surface area contributed by atoms with Crippen LogP contribution in [0.15, 0.2) is 0 Å². The van der Waals surface area contributed by atoms with E-state index in [0.717, 1.165) is 0 Å². The Hall–Kier alpha value is -1.92. The lowest BCUT2D eigenvalue weighted by molar-refractivity contribution is -0.144. The van der Waals surface area contributed by atoms with Crippen molar-refractivity contribution in [2.24, 2.45) is 17.8 Å². The number of hydrogen-bond donors (Lipinski definition) is 3. The van der Waals surface area contributed by atoms with Gasteiger partial charge < -0.3 is 15.5 Å². The first-order chi connectivity index (χ1) is 10.1. The Morgan fingerprint density at radius 1 is 0.909 bits per heavy atom. The Bertz CT molecular complexity index is 432. The fourth-order valence-corrected chi connectivity index (χ4v) is 1.88. The lowest BCUT2D eigenvalue weighted by Crippen LogP contribution is -2.43. The van der Waals surface area contributed by atoms with Crippen molar-refractivity contribution < 1.29 is 29.4 Å². The first kappa shape index (κ1) is 20.1. The molecule has 0 aliphatic heterocycles. The maximum atomic E-state index is 11.9. The average molecular weight is 315 g/mol. The van der Waals surface area contributed by atoms with E-state index in [-0.39, 0.29) is 31.0 Å². The SMILES string of the molecule is CC(C)C(=O)CC[C@H](NC(=O)C(C)CC(C)C(=O)O)C(=O)O. The molecule has 0 aromatic carbocycles. The van der Waals surface area contributed by atoms with Crippen molar-refractivity contribution in [2.75, 3.05) is 0 Å². The van der Waals surface area contributed by atoms with Crippen LogP contribution in [0.25, 0.3) is 0 Å². The Balaban J connectivity index is 4.55. The summed E-state index contributed by atoms with van der Waals surface area (Å²) < 4.78 is 0. The Labute approximate surface area is 130 Å². The fourth-order valence-electron chi connectivity index (χ4n) is 1.88. The molecule has 0 saturated heterocycles. The van der Waals surface area contributed by atoms with Crippen molar-refractivity contribution >= 4 is 23.6 Å². The van der Waals surface area contributed by atoms with Gasteiger partial charge in [-0.15, -0.1) is 0 Å². The number of carbonyl (C=O) groups excluding carboxylic acids is 2. The molecule has 0 heterocycles. The predicted molar refractivity (Wildman–Crippen MR) is 79.2 cm³/mol. The average Bonchev–Trinajstić information content (AvgIpc) is 2.41. The minimum Gasteiger partial charge on any atom is -0.481 e. The van der Waals surface area contributed by atoms with Gasteiger partial charge in [-0.1, -0.05) is 27.7 Å². The fraction of sp³-hybridized carbons (Fsp3) is 0.733. The van der Waals surface area contributed by atoms with Crippen LogP contribution >= 0.6 is 0 Å². The summed E-state index contributed by atoms with van der Waals surface area (Å²) in [4.78, 5) is 45.4. The molecule has 0 spiro atoms. The molecular formula is C15H25NO6. The van der Waals surface area contributed by atoms with E-state index >= 15 is 0 Å². The summed E-state index contributed by atoms with van der Waals surface area (Å²) in [6.45, 7) is 6.49. The molecule has 7 nitrogen and oxygen atoms in total. The molecule has 0 aliphatic rings. The second-order valence-electron chi connectivity index (χ2n) is 5.94. The van der Waals surface area contributed by atoms with Crippen LogP contribution in [0.5, 0.6) is 0 Å². The van der Waals surface area contributed by atoms with Crippen molar-refractivity contribution in [3.8, 4) is 0 Å². The Kier molecular flexibility index (Phi) is 8.37. The van der Waals surface area contributed by atoms with Crippen LogP contribution in [0, 0.1) is 17.8 Å². The van der Waals surface area contributed by atoms with Gasteiger partial charge in [0.05, 0.1) is 5.92 Å². The smallest absolute Gasteiger partial charge is 0.326 e. The summed E-state index contributed by atoms with van der Waals surface area (Å²) >= 11 is 0. The van der Waals surface area contributed by atoms with Gasteiger partial charge in [-0.2, -0.15) is 0 Å². The van der Waals surface area contributed by atoms with Gasteiger partial charge in [0.15, 0.2) is 0 Å². The molecule has 0 aromatic rings. The molecule has 2 unspecified atom stereocenters. The van der Waals surface area contributed by atoms with Gasteiger partial charge in [0, 0.05) is 18.3 Å². The van der Waals surface area contributed by atoms with Crippen LogP contribution in [0.3, 0.4) is 0 Å². The summed E-state index contributed by atoms with van der Waals surface area (Å²) in [7, 11) is 0. The molecule has 0 radical (unpaired) electrons. The van der Waals surface area contributed by atoms with E-state index in [1.165, 1.54) is 6.92 Å². The third-order valence-corrected chi connectivity index (χ3v) is 3.51. The minimum absolute atomic E-state index is 0.0271. The zero-order chi connectivity index (χ0) is 17.4. The topological polar surface area (TPSA) is 121 Å². The standard InChI is InChI=1S/C15H25NO6/c1-8(2)12(17)6-5-11(15(21)22)16-13(18)9(3)7-10(4)14(19)20/h8-11H,5-7H2,1-4H3,(H,16,18)(H,19,20)(H,21,22)/t9?,10?,11-/m0/s1. The molecular weight excluding hydrogens is 290 g/mol. The Morgan fingerprint density at radius 3 is 1.86 bits per heavy atom. The van der Waals surface area contributed by atoms with Crippen LogP contribution in [-0.2, 0) is 19.2 Å². The zero-order valence-corrected chi connectivity index (χ0v) is 13.5. The van der Waals surface area contributed by atoms with E-state index in [9.17, 15) is 19.2 Å². The van der Waals surface area contributed by atoms with Crippen LogP contribution in [0.4, 0.5) is 0 Å². The van der Waals surface area contributed by atoms with Crippen LogP contribution in [-0.4, -0.2) is 39.9 Å². The maximum Gasteiger partial charge on any atom is 0.326 e. The highest BCUT2D eigenvalue weighted by Crippen LogP contribution is 2.13. The molecule has 0 fully saturated rings. The highest BCUT2D eigenvalue weighted by Gasteiger charge is 2.26. The Morgan fingerprint density at radius 2 is 1.45 bits per heavy atom. The van der Waals surface area contributed by atoms with Gasteiger partial charge in [0.2, 0.25) is 5.91 Å². The van der Waals surface area contributed by atoms with Gasteiger partial charge in [0.1, 0.15) is 11.8 Å². The largest absolute Gasteiger partial charge is 0.481 e. The van der Waals surface area contributed by atoms with Gasteiger partial charge in [0.25, 0.3) is 0 Å². The number of hydrogen-bond acceptors (Lipinski definition) is 4. The lowest BCUT2D eigenvalue weighted by Gasteiger charge is -2.19. The van der Waals surface area contributed by atoms with Crippen LogP contribution in [0.2, 0.25) is 0 Å². The highest BCUT2D eigenvalue weighted by molar-refractivity contribution is 5.86. The first-order valence-corrected chi connectivity index (χ1v) is 7.34. The molecule has 0 aromatic heterocycles. The second kappa shape index (κ2) is 9.17. The highest BCUT2D eigenvalue weighted by atomic mass is 16.4. The molecule has 126 valence electrons. The van der Waals surface area contributed by atoms with Crippen molar-refractivity contribution in [1.29, 1.82) is 0 Å². The molecule has 0 aliphatic carbocycles. The third kappa shape index (κ3) is 7.19. The van der Waals surface area contributed by atoms with Crippen LogP contribution < -0.4 is 5.32 Å². The van der Waals surface area contributed by atoms with Gasteiger partial charge >= 0.3 is 11.9 Å². The van der Waals surface area contributed by atoms with Crippen molar-refractivity contribution in [3.63, 3.8) is 0 Å². The molecule has 3 atom stereocenters. The van der Waals surface area contributed by atoms with E-state index in [4.69, 9.17) is 10.2 Å². The number of carboxylic acid groups (broad SMARTS) is 2. The second-order valence-corrected chi connectivity index (χ2v) is 5.94. The molecule has 7 heteroatoms. The number of aliphatic carboxylic acids is 2. The number of ketones is 1. The predicted octanol–water partition coefficient (Wildman–Crippen LogP) is 1.31. The minimum atomic E-state index is -1.21. The summed E-state index contributed by atoms with van der Waals surface area (Å²) in [5.74, 6) is -4.27. The number of nitrogens with one attached hydrogen (secondary N) is 1. The molecule has 0 saturated carbocycles. The van der Waals surface area contributed by atoms with E-state index < -0.39 is 35.7 Å². The van der Waals surface area contributed by atoms with Gasteiger partial charge in [-0.05, 0) is 12.8 Å². The number of Topliss-reactive ketones (excluding diaryl/α,β-unsaturated/α-hetero) is 1. The monoisotopic (exact) mass is 315 g/mol. The summed E-state index contributed by atoms with van der Waals surface area (Å²) in [6, 6.07) is -1.14. The number of rotatable bonds is 10. The van der Waals surface area contributed by atoms with Crippen molar-refractivity contribution in [2.45, 2.75) is 53.0 Å². The molecule has 0 bridgehead atoms. The van der Waals surface area contributed by atoms with Gasteiger partial charge in [-0.3, -0.25) is 14.4 Å². The number of carboxylic acids is 2. The molecule has 0 rings (SSSR count). The molecule has 1 amide bonds. The quantitative estimate of drug-likeness (QED) is 0.559. The lowest BCUT2D eigenvalue weighted by atomic mass is 9.96. The maximum absolute atomic E-state index is 11.9.